The lowest BCUT2D eigenvalue weighted by atomic mass is 9.74. The van der Waals surface area contributed by atoms with Gasteiger partial charge >= 0.3 is 0 Å². The first kappa shape index (κ1) is 17.1. The van der Waals surface area contributed by atoms with E-state index in [9.17, 15) is 10.2 Å². The van der Waals surface area contributed by atoms with E-state index in [4.69, 9.17) is 4.43 Å². The van der Waals surface area contributed by atoms with Crippen LogP contribution in [-0.2, 0) is 4.43 Å². The fourth-order valence-electron chi connectivity index (χ4n) is 2.62. The van der Waals surface area contributed by atoms with Crippen LogP contribution >= 0.6 is 0 Å². The molecule has 0 aromatic heterocycles. The zero-order valence-electron chi connectivity index (χ0n) is 13.7. The second kappa shape index (κ2) is 5.47. The predicted octanol–water partition coefficient (Wildman–Crippen LogP) is 3.31. The molecule has 19 heavy (non-hydrogen) atoms. The number of aliphatic hydroxyl groups excluding tert-OH is 1. The van der Waals surface area contributed by atoms with Crippen molar-refractivity contribution in [1.29, 1.82) is 0 Å². The highest BCUT2D eigenvalue weighted by Gasteiger charge is 2.47. The van der Waals surface area contributed by atoms with Gasteiger partial charge in [-0.05, 0) is 36.9 Å². The zero-order chi connectivity index (χ0) is 15.1. The summed E-state index contributed by atoms with van der Waals surface area (Å²) in [6.07, 6.45) is 1.26. The molecule has 0 radical (unpaired) electrons. The Balaban J connectivity index is 2.86. The van der Waals surface area contributed by atoms with Crippen LogP contribution < -0.4 is 0 Å². The average Bonchev–Trinajstić information content (AvgIpc) is 2.23. The van der Waals surface area contributed by atoms with Gasteiger partial charge in [-0.3, -0.25) is 0 Å². The smallest absolute Gasteiger partial charge is 0.192 e. The van der Waals surface area contributed by atoms with Crippen molar-refractivity contribution in [3.05, 3.63) is 0 Å². The summed E-state index contributed by atoms with van der Waals surface area (Å²) in [5, 5.41) is 21.1. The van der Waals surface area contributed by atoms with Gasteiger partial charge in [-0.15, -0.1) is 0 Å². The lowest BCUT2D eigenvalue weighted by molar-refractivity contribution is -0.120. The first-order valence-corrected chi connectivity index (χ1v) is 10.4. The van der Waals surface area contributed by atoms with Gasteiger partial charge in [0.05, 0.1) is 17.8 Å². The molecule has 114 valence electrons. The van der Waals surface area contributed by atoms with Gasteiger partial charge in [0.25, 0.3) is 0 Å². The van der Waals surface area contributed by atoms with Gasteiger partial charge in [0.15, 0.2) is 8.32 Å². The Labute approximate surface area is 119 Å². The van der Waals surface area contributed by atoms with Gasteiger partial charge in [0.2, 0.25) is 0 Å². The third kappa shape index (κ3) is 3.81. The zero-order valence-corrected chi connectivity index (χ0v) is 14.7. The summed E-state index contributed by atoms with van der Waals surface area (Å²) in [4.78, 5) is 0. The van der Waals surface area contributed by atoms with Gasteiger partial charge in [0.1, 0.15) is 0 Å². The van der Waals surface area contributed by atoms with Gasteiger partial charge < -0.3 is 14.6 Å². The van der Waals surface area contributed by atoms with Gasteiger partial charge in [-0.25, -0.2) is 0 Å². The maximum absolute atomic E-state index is 10.6. The number of aliphatic hydroxyl groups is 2. The van der Waals surface area contributed by atoms with Crippen molar-refractivity contribution in [1.82, 2.24) is 0 Å². The summed E-state index contributed by atoms with van der Waals surface area (Å²) in [6, 6.07) is 0. The van der Waals surface area contributed by atoms with Crippen molar-refractivity contribution in [2.75, 3.05) is 0 Å². The summed E-state index contributed by atoms with van der Waals surface area (Å²) in [5.41, 5.74) is -0.675. The first-order chi connectivity index (χ1) is 8.42. The molecule has 0 heterocycles. The van der Waals surface area contributed by atoms with E-state index in [0.717, 1.165) is 6.42 Å². The fourth-order valence-corrected chi connectivity index (χ4v) is 3.95. The first-order valence-electron chi connectivity index (χ1n) is 7.50. The Morgan fingerprint density at radius 3 is 2.21 bits per heavy atom. The fraction of sp³-hybridized carbons (Fsp3) is 1.00. The lowest BCUT2D eigenvalue weighted by Gasteiger charge is -2.47. The number of hydrogen-bond acceptors (Lipinski definition) is 3. The standard InChI is InChI=1S/C15H32O3Si/c1-8-15(17)9-11(2)13(16)12(10-15)18-19(6,7)14(3,4)5/h11-13,16-17H,8-10H2,1-7H3/t11-,12-,13+,15-/m1/s1. The maximum atomic E-state index is 10.6. The van der Waals surface area contributed by atoms with E-state index in [1.54, 1.807) is 0 Å². The van der Waals surface area contributed by atoms with Crippen molar-refractivity contribution < 1.29 is 14.6 Å². The Morgan fingerprint density at radius 1 is 1.26 bits per heavy atom. The summed E-state index contributed by atoms with van der Waals surface area (Å²) in [5.74, 6) is 0.0912. The number of rotatable bonds is 3. The van der Waals surface area contributed by atoms with Crippen LogP contribution in [0.25, 0.3) is 0 Å². The highest BCUT2D eigenvalue weighted by atomic mass is 28.4. The second-order valence-electron chi connectivity index (χ2n) is 7.87. The largest absolute Gasteiger partial charge is 0.411 e. The van der Waals surface area contributed by atoms with Crippen LogP contribution in [-0.4, -0.2) is 36.3 Å². The minimum atomic E-state index is -1.91. The van der Waals surface area contributed by atoms with Crippen LogP contribution in [0.5, 0.6) is 0 Å². The van der Waals surface area contributed by atoms with E-state index >= 15 is 0 Å². The van der Waals surface area contributed by atoms with E-state index in [1.807, 2.05) is 13.8 Å². The Kier molecular flexibility index (Phi) is 4.94. The van der Waals surface area contributed by atoms with E-state index < -0.39 is 20.0 Å². The number of hydrogen-bond donors (Lipinski definition) is 2. The molecule has 1 aliphatic carbocycles. The minimum absolute atomic E-state index is 0.0912. The molecule has 0 aromatic rings. The topological polar surface area (TPSA) is 49.7 Å². The molecule has 1 rings (SSSR count). The van der Waals surface area contributed by atoms with Crippen LogP contribution in [0.2, 0.25) is 18.1 Å². The molecule has 2 N–H and O–H groups in total. The van der Waals surface area contributed by atoms with Gasteiger partial charge in [-0.1, -0.05) is 34.6 Å². The van der Waals surface area contributed by atoms with E-state index in [0.29, 0.717) is 12.8 Å². The SMILES string of the molecule is CC[C@@]1(O)C[C@@H](C)[C@H](O)[C@H](O[Si](C)(C)C(C)(C)C)C1. The summed E-state index contributed by atoms with van der Waals surface area (Å²) in [6.45, 7) is 15.0. The second-order valence-corrected chi connectivity index (χ2v) is 12.6. The summed E-state index contributed by atoms with van der Waals surface area (Å²) in [7, 11) is -1.91. The molecule has 0 aromatic carbocycles. The Bertz CT molecular complexity index is 311. The molecule has 1 fully saturated rings. The molecular formula is C15H32O3Si. The molecular weight excluding hydrogens is 256 g/mol. The summed E-state index contributed by atoms with van der Waals surface area (Å²) < 4.78 is 6.35. The van der Waals surface area contributed by atoms with Gasteiger partial charge in [-0.2, -0.15) is 0 Å². The van der Waals surface area contributed by atoms with E-state index in [1.165, 1.54) is 0 Å². The van der Waals surface area contributed by atoms with Crippen molar-refractivity contribution in [2.24, 2.45) is 5.92 Å². The molecule has 0 spiro atoms. The molecule has 4 heteroatoms. The molecule has 0 bridgehead atoms. The predicted molar refractivity (Wildman–Crippen MR) is 81.7 cm³/mol. The molecule has 0 unspecified atom stereocenters. The molecule has 0 aliphatic heterocycles. The quantitative estimate of drug-likeness (QED) is 0.783. The normalized spacial score (nSPS) is 37.4. The van der Waals surface area contributed by atoms with Crippen LogP contribution in [0, 0.1) is 5.92 Å². The van der Waals surface area contributed by atoms with Crippen molar-refractivity contribution >= 4 is 8.32 Å². The third-order valence-corrected chi connectivity index (χ3v) is 9.66. The molecule has 3 nitrogen and oxygen atoms in total. The molecule has 0 amide bonds. The van der Waals surface area contributed by atoms with Crippen LogP contribution in [0.4, 0.5) is 0 Å². The van der Waals surface area contributed by atoms with Crippen LogP contribution in [0.15, 0.2) is 0 Å². The molecule has 0 saturated heterocycles. The monoisotopic (exact) mass is 288 g/mol. The van der Waals surface area contributed by atoms with Crippen LogP contribution in [0.1, 0.15) is 53.9 Å². The maximum Gasteiger partial charge on any atom is 0.192 e. The van der Waals surface area contributed by atoms with Crippen LogP contribution in [0.3, 0.4) is 0 Å². The molecule has 1 aliphatic rings. The molecule has 4 atom stereocenters. The van der Waals surface area contributed by atoms with Crippen molar-refractivity contribution in [3.63, 3.8) is 0 Å². The van der Waals surface area contributed by atoms with Gasteiger partial charge in [0, 0.05) is 6.42 Å². The third-order valence-electron chi connectivity index (χ3n) is 5.16. The highest BCUT2D eigenvalue weighted by molar-refractivity contribution is 6.74. The highest BCUT2D eigenvalue weighted by Crippen LogP contribution is 2.42. The van der Waals surface area contributed by atoms with Crippen molar-refractivity contribution in [2.45, 2.75) is 89.8 Å². The Hall–Kier alpha value is 0.0969. The molecule has 1 saturated carbocycles. The average molecular weight is 289 g/mol. The minimum Gasteiger partial charge on any atom is -0.411 e. The van der Waals surface area contributed by atoms with Crippen molar-refractivity contribution in [3.8, 4) is 0 Å². The Morgan fingerprint density at radius 2 is 1.79 bits per heavy atom. The van der Waals surface area contributed by atoms with E-state index in [-0.39, 0.29) is 17.1 Å². The summed E-state index contributed by atoms with van der Waals surface area (Å²) >= 11 is 0. The van der Waals surface area contributed by atoms with E-state index in [2.05, 4.69) is 33.9 Å². The lowest BCUT2D eigenvalue weighted by Crippen LogP contribution is -2.55.